The fourth-order valence-electron chi connectivity index (χ4n) is 3.16. The van der Waals surface area contributed by atoms with Gasteiger partial charge in [-0.05, 0) is 48.7 Å². The third-order valence-electron chi connectivity index (χ3n) is 4.60. The Hall–Kier alpha value is -2.18. The van der Waals surface area contributed by atoms with Gasteiger partial charge in [0.25, 0.3) is 5.91 Å². The van der Waals surface area contributed by atoms with Gasteiger partial charge in [0.15, 0.2) is 0 Å². The SMILES string of the molecule is CCCCCNS(=O)(=O)c1ccc2c(c1)CCN2C(=O)c1ccccc1. The largest absolute Gasteiger partial charge is 0.308 e. The van der Waals surface area contributed by atoms with E-state index in [2.05, 4.69) is 11.6 Å². The summed E-state index contributed by atoms with van der Waals surface area (Å²) in [5.74, 6) is -0.0577. The Kier molecular flexibility index (Phi) is 5.74. The van der Waals surface area contributed by atoms with Crippen LogP contribution in [0.25, 0.3) is 0 Å². The number of hydrogen-bond donors (Lipinski definition) is 1. The summed E-state index contributed by atoms with van der Waals surface area (Å²) < 4.78 is 27.5. The van der Waals surface area contributed by atoms with Gasteiger partial charge in [-0.25, -0.2) is 13.1 Å². The van der Waals surface area contributed by atoms with E-state index in [1.807, 2.05) is 18.2 Å². The Bertz CT molecular complexity index is 879. The quantitative estimate of drug-likeness (QED) is 0.758. The number of rotatable bonds is 7. The average Bonchev–Trinajstić information content (AvgIpc) is 3.08. The first-order chi connectivity index (χ1) is 12.5. The van der Waals surface area contributed by atoms with Crippen LogP contribution in [0.4, 0.5) is 5.69 Å². The molecule has 1 aliphatic heterocycles. The minimum Gasteiger partial charge on any atom is -0.308 e. The molecule has 6 heteroatoms. The van der Waals surface area contributed by atoms with Crippen LogP contribution in [0.2, 0.25) is 0 Å². The normalized spacial score (nSPS) is 13.7. The van der Waals surface area contributed by atoms with E-state index in [-0.39, 0.29) is 10.8 Å². The van der Waals surface area contributed by atoms with E-state index in [4.69, 9.17) is 0 Å². The number of benzene rings is 2. The predicted octanol–water partition coefficient (Wildman–Crippen LogP) is 3.36. The van der Waals surface area contributed by atoms with E-state index >= 15 is 0 Å². The Morgan fingerprint density at radius 3 is 2.62 bits per heavy atom. The molecule has 0 fully saturated rings. The number of unbranched alkanes of at least 4 members (excludes halogenated alkanes) is 2. The third kappa shape index (κ3) is 3.97. The molecule has 1 heterocycles. The maximum absolute atomic E-state index is 12.7. The van der Waals surface area contributed by atoms with Crippen LogP contribution in [-0.2, 0) is 16.4 Å². The summed E-state index contributed by atoms with van der Waals surface area (Å²) in [5, 5.41) is 0. The van der Waals surface area contributed by atoms with Crippen molar-refractivity contribution in [3.63, 3.8) is 0 Å². The molecular weight excluding hydrogens is 348 g/mol. The van der Waals surface area contributed by atoms with Gasteiger partial charge in [-0.1, -0.05) is 38.0 Å². The molecule has 1 N–H and O–H groups in total. The Labute approximate surface area is 155 Å². The molecule has 138 valence electrons. The molecule has 1 aliphatic rings. The van der Waals surface area contributed by atoms with E-state index in [1.54, 1.807) is 35.2 Å². The van der Waals surface area contributed by atoms with Gasteiger partial charge in [0, 0.05) is 24.3 Å². The minimum absolute atomic E-state index is 0.0577. The molecule has 2 aromatic carbocycles. The lowest BCUT2D eigenvalue weighted by molar-refractivity contribution is 0.0989. The number of carbonyl (C=O) groups excluding carboxylic acids is 1. The van der Waals surface area contributed by atoms with Crippen molar-refractivity contribution in [2.24, 2.45) is 0 Å². The van der Waals surface area contributed by atoms with Gasteiger partial charge in [0.2, 0.25) is 10.0 Å². The fraction of sp³-hybridized carbons (Fsp3) is 0.350. The van der Waals surface area contributed by atoms with Crippen molar-refractivity contribution >= 4 is 21.6 Å². The van der Waals surface area contributed by atoms with Gasteiger partial charge < -0.3 is 4.90 Å². The van der Waals surface area contributed by atoms with E-state index in [9.17, 15) is 13.2 Å². The molecule has 0 radical (unpaired) electrons. The van der Waals surface area contributed by atoms with E-state index in [0.717, 1.165) is 30.5 Å². The number of anilines is 1. The fourth-order valence-corrected chi connectivity index (χ4v) is 4.28. The molecule has 0 saturated heterocycles. The third-order valence-corrected chi connectivity index (χ3v) is 6.05. The summed E-state index contributed by atoms with van der Waals surface area (Å²) in [4.78, 5) is 14.7. The van der Waals surface area contributed by atoms with Crippen molar-refractivity contribution < 1.29 is 13.2 Å². The zero-order valence-electron chi connectivity index (χ0n) is 14.9. The van der Waals surface area contributed by atoms with E-state index in [0.29, 0.717) is 25.1 Å². The van der Waals surface area contributed by atoms with Crippen LogP contribution in [0, 0.1) is 0 Å². The molecule has 3 rings (SSSR count). The molecular formula is C20H24N2O3S. The first-order valence-corrected chi connectivity index (χ1v) is 10.5. The van der Waals surface area contributed by atoms with Crippen molar-refractivity contribution in [2.75, 3.05) is 18.0 Å². The van der Waals surface area contributed by atoms with E-state index in [1.165, 1.54) is 0 Å². The number of nitrogens with one attached hydrogen (secondary N) is 1. The van der Waals surface area contributed by atoms with E-state index < -0.39 is 10.0 Å². The number of amides is 1. The van der Waals surface area contributed by atoms with Crippen LogP contribution >= 0.6 is 0 Å². The van der Waals surface area contributed by atoms with Crippen LogP contribution in [0.1, 0.15) is 42.1 Å². The zero-order chi connectivity index (χ0) is 18.6. The lowest BCUT2D eigenvalue weighted by Gasteiger charge is -2.17. The molecule has 0 saturated carbocycles. The Morgan fingerprint density at radius 1 is 1.12 bits per heavy atom. The van der Waals surface area contributed by atoms with Gasteiger partial charge in [0.1, 0.15) is 0 Å². The maximum atomic E-state index is 12.7. The van der Waals surface area contributed by atoms with Crippen molar-refractivity contribution in [2.45, 2.75) is 37.5 Å². The van der Waals surface area contributed by atoms with Gasteiger partial charge >= 0.3 is 0 Å². The van der Waals surface area contributed by atoms with Crippen molar-refractivity contribution in [3.05, 3.63) is 59.7 Å². The van der Waals surface area contributed by atoms with Gasteiger partial charge in [-0.2, -0.15) is 0 Å². The maximum Gasteiger partial charge on any atom is 0.258 e. The molecule has 2 aromatic rings. The number of fused-ring (bicyclic) bond motifs is 1. The first-order valence-electron chi connectivity index (χ1n) is 9.02. The Morgan fingerprint density at radius 2 is 1.88 bits per heavy atom. The molecule has 0 aromatic heterocycles. The zero-order valence-corrected chi connectivity index (χ0v) is 15.8. The lowest BCUT2D eigenvalue weighted by Crippen LogP contribution is -2.28. The highest BCUT2D eigenvalue weighted by molar-refractivity contribution is 7.89. The number of hydrogen-bond acceptors (Lipinski definition) is 3. The van der Waals surface area contributed by atoms with Gasteiger partial charge in [-0.15, -0.1) is 0 Å². The second kappa shape index (κ2) is 8.01. The predicted molar refractivity (Wildman–Crippen MR) is 103 cm³/mol. The molecule has 5 nitrogen and oxygen atoms in total. The molecule has 0 spiro atoms. The van der Waals surface area contributed by atoms with Crippen LogP contribution in [-0.4, -0.2) is 27.4 Å². The number of sulfonamides is 1. The highest BCUT2D eigenvalue weighted by atomic mass is 32.2. The minimum atomic E-state index is -3.51. The smallest absolute Gasteiger partial charge is 0.258 e. The monoisotopic (exact) mass is 372 g/mol. The second-order valence-corrected chi connectivity index (χ2v) is 8.24. The van der Waals surface area contributed by atoms with Crippen LogP contribution in [0.5, 0.6) is 0 Å². The highest BCUT2D eigenvalue weighted by Crippen LogP contribution is 2.31. The standard InChI is InChI=1S/C20H24N2O3S/c1-2-3-7-13-21-26(24,25)18-10-11-19-17(15-18)12-14-22(19)20(23)16-8-5-4-6-9-16/h4-6,8-11,15,21H,2-3,7,12-14H2,1H3. The number of nitrogens with zero attached hydrogens (tertiary/aromatic N) is 1. The van der Waals surface area contributed by atoms with Crippen LogP contribution in [0.15, 0.2) is 53.4 Å². The van der Waals surface area contributed by atoms with Gasteiger partial charge in [0.05, 0.1) is 4.90 Å². The van der Waals surface area contributed by atoms with Gasteiger partial charge in [-0.3, -0.25) is 4.79 Å². The van der Waals surface area contributed by atoms with Crippen LogP contribution in [0.3, 0.4) is 0 Å². The molecule has 26 heavy (non-hydrogen) atoms. The molecule has 0 bridgehead atoms. The second-order valence-electron chi connectivity index (χ2n) is 6.47. The number of carbonyl (C=O) groups is 1. The summed E-state index contributed by atoms with van der Waals surface area (Å²) in [7, 11) is -3.51. The summed E-state index contributed by atoms with van der Waals surface area (Å²) in [5.41, 5.74) is 2.32. The molecule has 0 unspecified atom stereocenters. The topological polar surface area (TPSA) is 66.5 Å². The first kappa shape index (κ1) is 18.6. The van der Waals surface area contributed by atoms with Crippen molar-refractivity contribution in [1.29, 1.82) is 0 Å². The Balaban J connectivity index is 1.77. The summed E-state index contributed by atoms with van der Waals surface area (Å²) >= 11 is 0. The lowest BCUT2D eigenvalue weighted by atomic mass is 10.1. The molecule has 1 amide bonds. The highest BCUT2D eigenvalue weighted by Gasteiger charge is 2.27. The van der Waals surface area contributed by atoms with Crippen LogP contribution < -0.4 is 9.62 Å². The van der Waals surface area contributed by atoms with Crippen molar-refractivity contribution in [3.8, 4) is 0 Å². The average molecular weight is 372 g/mol. The van der Waals surface area contributed by atoms with Crippen molar-refractivity contribution in [1.82, 2.24) is 4.72 Å². The molecule has 0 aliphatic carbocycles. The summed E-state index contributed by atoms with van der Waals surface area (Å²) in [6.45, 7) is 3.10. The molecule has 0 atom stereocenters. The summed E-state index contributed by atoms with van der Waals surface area (Å²) in [6, 6.07) is 14.1. The summed E-state index contributed by atoms with van der Waals surface area (Å²) in [6.07, 6.45) is 3.54.